The highest BCUT2D eigenvalue weighted by Crippen LogP contribution is 2.32. The van der Waals surface area contributed by atoms with Crippen LogP contribution in [0.4, 0.5) is 5.13 Å². The molecule has 0 radical (unpaired) electrons. The standard InChI is InChI=1S/C25H31N3O2S/c1-17-5-6-21(19(3)13-17)16-23(29)28(8-7-27-9-11-30-12-10-27)25-26-24-20(4)14-18(2)15-22(24)31-25/h5-6,13-15H,7-12,16H2,1-4H3. The van der Waals surface area contributed by atoms with Gasteiger partial charge in [0.2, 0.25) is 5.91 Å². The first-order valence-corrected chi connectivity index (χ1v) is 11.8. The van der Waals surface area contributed by atoms with Crippen LogP contribution in [-0.4, -0.2) is 55.2 Å². The highest BCUT2D eigenvalue weighted by molar-refractivity contribution is 7.22. The van der Waals surface area contributed by atoms with E-state index in [0.717, 1.165) is 64.9 Å². The van der Waals surface area contributed by atoms with Crippen molar-refractivity contribution in [3.63, 3.8) is 0 Å². The molecule has 3 aromatic rings. The number of aromatic nitrogens is 1. The lowest BCUT2D eigenvalue weighted by Crippen LogP contribution is -2.43. The maximum absolute atomic E-state index is 13.5. The maximum atomic E-state index is 13.5. The molecule has 4 rings (SSSR count). The molecule has 1 aromatic heterocycles. The third-order valence-electron chi connectivity index (χ3n) is 5.93. The van der Waals surface area contributed by atoms with Gasteiger partial charge < -0.3 is 4.74 Å². The van der Waals surface area contributed by atoms with Gasteiger partial charge in [0.25, 0.3) is 0 Å². The van der Waals surface area contributed by atoms with Crippen molar-refractivity contribution in [3.8, 4) is 0 Å². The lowest BCUT2D eigenvalue weighted by atomic mass is 10.0. The van der Waals surface area contributed by atoms with E-state index in [1.807, 2.05) is 4.90 Å². The summed E-state index contributed by atoms with van der Waals surface area (Å²) >= 11 is 1.62. The highest BCUT2D eigenvalue weighted by atomic mass is 32.1. The summed E-state index contributed by atoms with van der Waals surface area (Å²) in [6.45, 7) is 13.2. The fourth-order valence-electron chi connectivity index (χ4n) is 4.17. The zero-order valence-electron chi connectivity index (χ0n) is 18.9. The van der Waals surface area contributed by atoms with E-state index < -0.39 is 0 Å². The summed E-state index contributed by atoms with van der Waals surface area (Å²) in [6, 6.07) is 10.6. The molecule has 0 N–H and O–H groups in total. The van der Waals surface area contributed by atoms with Crippen LogP contribution in [0.3, 0.4) is 0 Å². The lowest BCUT2D eigenvalue weighted by molar-refractivity contribution is -0.118. The fourth-order valence-corrected chi connectivity index (χ4v) is 5.36. The third kappa shape index (κ3) is 5.14. The van der Waals surface area contributed by atoms with Crippen molar-refractivity contribution in [1.82, 2.24) is 9.88 Å². The summed E-state index contributed by atoms with van der Waals surface area (Å²) in [5.41, 5.74) is 6.85. The van der Waals surface area contributed by atoms with Gasteiger partial charge in [-0.1, -0.05) is 41.2 Å². The predicted molar refractivity (Wildman–Crippen MR) is 128 cm³/mol. The van der Waals surface area contributed by atoms with Crippen molar-refractivity contribution < 1.29 is 9.53 Å². The number of hydrogen-bond acceptors (Lipinski definition) is 5. The first-order valence-electron chi connectivity index (χ1n) is 10.9. The van der Waals surface area contributed by atoms with Gasteiger partial charge >= 0.3 is 0 Å². The van der Waals surface area contributed by atoms with E-state index in [-0.39, 0.29) is 5.91 Å². The molecule has 1 aliphatic rings. The minimum Gasteiger partial charge on any atom is -0.379 e. The molecule has 1 saturated heterocycles. The summed E-state index contributed by atoms with van der Waals surface area (Å²) in [5, 5.41) is 0.798. The first-order chi connectivity index (χ1) is 14.9. The summed E-state index contributed by atoms with van der Waals surface area (Å²) in [7, 11) is 0. The number of anilines is 1. The molecule has 0 spiro atoms. The van der Waals surface area contributed by atoms with Gasteiger partial charge in [0.1, 0.15) is 0 Å². The molecule has 31 heavy (non-hydrogen) atoms. The fraction of sp³-hybridized carbons (Fsp3) is 0.440. The Kier molecular flexibility index (Phi) is 6.70. The zero-order valence-corrected chi connectivity index (χ0v) is 19.7. The molecule has 5 nitrogen and oxygen atoms in total. The first kappa shape index (κ1) is 21.9. The minimum absolute atomic E-state index is 0.105. The van der Waals surface area contributed by atoms with Crippen molar-refractivity contribution >= 4 is 32.6 Å². The van der Waals surface area contributed by atoms with Gasteiger partial charge in [-0.05, 0) is 56.0 Å². The number of hydrogen-bond donors (Lipinski definition) is 0. The van der Waals surface area contributed by atoms with E-state index in [4.69, 9.17) is 9.72 Å². The van der Waals surface area contributed by atoms with Gasteiger partial charge in [0.05, 0.1) is 29.9 Å². The summed E-state index contributed by atoms with van der Waals surface area (Å²) in [6.07, 6.45) is 0.392. The average molecular weight is 438 g/mol. The van der Waals surface area contributed by atoms with E-state index in [1.54, 1.807) is 11.3 Å². The van der Waals surface area contributed by atoms with Gasteiger partial charge in [-0.15, -0.1) is 0 Å². The highest BCUT2D eigenvalue weighted by Gasteiger charge is 2.23. The van der Waals surface area contributed by atoms with Crippen molar-refractivity contribution in [2.75, 3.05) is 44.3 Å². The quantitative estimate of drug-likeness (QED) is 0.572. The van der Waals surface area contributed by atoms with Crippen molar-refractivity contribution in [1.29, 1.82) is 0 Å². The SMILES string of the molecule is Cc1ccc(CC(=O)N(CCN2CCOCC2)c2nc3c(C)cc(C)cc3s2)c(C)c1. The Morgan fingerprint density at radius 1 is 1.06 bits per heavy atom. The molecule has 1 fully saturated rings. The molecule has 0 unspecified atom stereocenters. The second kappa shape index (κ2) is 9.47. The second-order valence-electron chi connectivity index (χ2n) is 8.53. The van der Waals surface area contributed by atoms with Crippen LogP contribution < -0.4 is 4.90 Å². The molecule has 1 amide bonds. The van der Waals surface area contributed by atoms with Crippen LogP contribution in [0.25, 0.3) is 10.2 Å². The van der Waals surface area contributed by atoms with Crippen LogP contribution in [0.1, 0.15) is 27.8 Å². The molecule has 6 heteroatoms. The molecule has 164 valence electrons. The van der Waals surface area contributed by atoms with Gasteiger partial charge in [-0.3, -0.25) is 14.6 Å². The second-order valence-corrected chi connectivity index (χ2v) is 9.54. The summed E-state index contributed by atoms with van der Waals surface area (Å²) in [5.74, 6) is 0.105. The topological polar surface area (TPSA) is 45.7 Å². The van der Waals surface area contributed by atoms with Crippen LogP contribution >= 0.6 is 11.3 Å². The van der Waals surface area contributed by atoms with Gasteiger partial charge in [-0.25, -0.2) is 4.98 Å². The van der Waals surface area contributed by atoms with Gasteiger partial charge in [0, 0.05) is 26.2 Å². The number of thiazole rings is 1. The molecule has 2 aromatic carbocycles. The summed E-state index contributed by atoms with van der Waals surface area (Å²) in [4.78, 5) is 22.7. The number of carbonyl (C=O) groups is 1. The average Bonchev–Trinajstić information content (AvgIpc) is 3.15. The van der Waals surface area contributed by atoms with E-state index >= 15 is 0 Å². The number of nitrogens with zero attached hydrogens (tertiary/aromatic N) is 3. The van der Waals surface area contributed by atoms with E-state index in [0.29, 0.717) is 13.0 Å². The van der Waals surface area contributed by atoms with Gasteiger partial charge in [0.15, 0.2) is 5.13 Å². The van der Waals surface area contributed by atoms with Crippen LogP contribution in [0, 0.1) is 27.7 Å². The number of carbonyl (C=O) groups excluding carboxylic acids is 1. The normalized spacial score (nSPS) is 14.8. The van der Waals surface area contributed by atoms with E-state index in [2.05, 4.69) is 62.9 Å². The lowest BCUT2D eigenvalue weighted by Gasteiger charge is -2.29. The summed E-state index contributed by atoms with van der Waals surface area (Å²) < 4.78 is 6.61. The monoisotopic (exact) mass is 437 g/mol. The van der Waals surface area contributed by atoms with Crippen LogP contribution in [0.15, 0.2) is 30.3 Å². The number of amides is 1. The maximum Gasteiger partial charge on any atom is 0.233 e. The smallest absolute Gasteiger partial charge is 0.233 e. The largest absolute Gasteiger partial charge is 0.379 e. The Morgan fingerprint density at radius 2 is 1.81 bits per heavy atom. The molecule has 0 aliphatic carbocycles. The van der Waals surface area contributed by atoms with Crippen molar-refractivity contribution in [3.05, 3.63) is 58.1 Å². The van der Waals surface area contributed by atoms with Crippen LogP contribution in [-0.2, 0) is 16.0 Å². The minimum atomic E-state index is 0.105. The van der Waals surface area contributed by atoms with E-state index in [9.17, 15) is 4.79 Å². The molecule has 0 saturated carbocycles. The Balaban J connectivity index is 1.61. The van der Waals surface area contributed by atoms with Crippen LogP contribution in [0.5, 0.6) is 0 Å². The van der Waals surface area contributed by atoms with Gasteiger partial charge in [-0.2, -0.15) is 0 Å². The zero-order chi connectivity index (χ0) is 22.0. The number of ether oxygens (including phenoxy) is 1. The van der Waals surface area contributed by atoms with Crippen molar-refractivity contribution in [2.45, 2.75) is 34.1 Å². The Bertz CT molecular complexity index is 1090. The Hall–Kier alpha value is -2.28. The predicted octanol–water partition coefficient (Wildman–Crippen LogP) is 4.44. The number of benzene rings is 2. The van der Waals surface area contributed by atoms with Crippen molar-refractivity contribution in [2.24, 2.45) is 0 Å². The molecule has 0 bridgehead atoms. The number of morpholine rings is 1. The number of aryl methyl sites for hydroxylation is 4. The molecule has 1 aliphatic heterocycles. The third-order valence-corrected chi connectivity index (χ3v) is 6.96. The van der Waals surface area contributed by atoms with Crippen LogP contribution in [0.2, 0.25) is 0 Å². The number of fused-ring (bicyclic) bond motifs is 1. The Labute approximate surface area is 188 Å². The number of rotatable bonds is 6. The molecule has 2 heterocycles. The molecular weight excluding hydrogens is 406 g/mol. The Morgan fingerprint density at radius 3 is 2.55 bits per heavy atom. The molecule has 0 atom stereocenters. The molecular formula is C25H31N3O2S. The van der Waals surface area contributed by atoms with E-state index in [1.165, 1.54) is 11.1 Å².